The first-order valence-electron chi connectivity index (χ1n) is 8.44. The Kier molecular flexibility index (Phi) is 4.63. The third kappa shape index (κ3) is 3.50. The van der Waals surface area contributed by atoms with Crippen molar-refractivity contribution in [2.24, 2.45) is 0 Å². The van der Waals surface area contributed by atoms with E-state index in [1.165, 1.54) is 17.0 Å². The third-order valence-electron chi connectivity index (χ3n) is 4.54. The normalized spacial score (nSPS) is 17.0. The largest absolute Gasteiger partial charge is 0.593 e. The molecule has 0 N–H and O–H groups in total. The number of hydrogen-bond acceptors (Lipinski definition) is 5. The SMILES string of the molecule is O=c1n(-c2ccncc2)nc2n1CCN([S+](=O)([O-])c1cccc(C(F)(F)F)c1)C2. The van der Waals surface area contributed by atoms with Crippen molar-refractivity contribution < 1.29 is 21.9 Å². The van der Waals surface area contributed by atoms with Gasteiger partial charge < -0.3 is 4.55 Å². The fraction of sp³-hybridized carbons (Fsp3) is 0.235. The summed E-state index contributed by atoms with van der Waals surface area (Å²) in [5, 5.41) is 4.19. The summed E-state index contributed by atoms with van der Waals surface area (Å²) in [6.07, 6.45) is -1.67. The van der Waals surface area contributed by atoms with Crippen LogP contribution in [0.5, 0.6) is 0 Å². The Balaban J connectivity index is 1.67. The molecule has 0 aliphatic carbocycles. The second kappa shape index (κ2) is 6.90. The van der Waals surface area contributed by atoms with Crippen LogP contribution in [0.4, 0.5) is 13.2 Å². The van der Waals surface area contributed by atoms with Gasteiger partial charge in [-0.3, -0.25) is 9.55 Å². The van der Waals surface area contributed by atoms with Gasteiger partial charge in [0.25, 0.3) is 0 Å². The topological polar surface area (TPSA) is 96.1 Å². The lowest BCUT2D eigenvalue weighted by atomic mass is 10.2. The van der Waals surface area contributed by atoms with E-state index in [9.17, 15) is 26.7 Å². The highest BCUT2D eigenvalue weighted by Gasteiger charge is 2.38. The van der Waals surface area contributed by atoms with Crippen LogP contribution in [0.3, 0.4) is 0 Å². The zero-order valence-electron chi connectivity index (χ0n) is 14.7. The maximum absolute atomic E-state index is 12.9. The van der Waals surface area contributed by atoms with Gasteiger partial charge in [0, 0.05) is 25.0 Å². The Morgan fingerprint density at radius 3 is 2.52 bits per heavy atom. The predicted molar refractivity (Wildman–Crippen MR) is 94.6 cm³/mol. The van der Waals surface area contributed by atoms with Crippen LogP contribution in [-0.4, -0.2) is 34.7 Å². The summed E-state index contributed by atoms with van der Waals surface area (Å²) >= 11 is 0. The van der Waals surface area contributed by atoms with Crippen LogP contribution >= 0.6 is 0 Å². The molecule has 4 rings (SSSR count). The van der Waals surface area contributed by atoms with Crippen molar-refractivity contribution in [2.75, 3.05) is 6.54 Å². The quantitative estimate of drug-likeness (QED) is 0.597. The maximum Gasteiger partial charge on any atom is 0.416 e. The van der Waals surface area contributed by atoms with Gasteiger partial charge in [0.2, 0.25) is 0 Å². The van der Waals surface area contributed by atoms with Crippen LogP contribution < -0.4 is 5.69 Å². The second-order valence-electron chi connectivity index (χ2n) is 6.33. The fourth-order valence-electron chi connectivity index (χ4n) is 3.07. The van der Waals surface area contributed by atoms with Crippen LogP contribution in [0.1, 0.15) is 11.4 Å². The van der Waals surface area contributed by atoms with E-state index in [0.717, 1.165) is 27.2 Å². The molecule has 2 aromatic heterocycles. The van der Waals surface area contributed by atoms with Crippen molar-refractivity contribution in [1.29, 1.82) is 0 Å². The van der Waals surface area contributed by atoms with Gasteiger partial charge in [-0.15, -0.1) is 9.40 Å². The van der Waals surface area contributed by atoms with Gasteiger partial charge >= 0.3 is 11.9 Å². The number of aromatic nitrogens is 4. The minimum atomic E-state index is -4.66. The average Bonchev–Trinajstić information content (AvgIpc) is 3.04. The molecule has 0 fully saturated rings. The smallest absolute Gasteiger partial charge is 0.416 e. The lowest BCUT2D eigenvalue weighted by molar-refractivity contribution is -0.137. The molecule has 1 atom stereocenters. The molecule has 0 radical (unpaired) electrons. The molecule has 0 saturated heterocycles. The summed E-state index contributed by atoms with van der Waals surface area (Å²) in [7, 11) is -4.20. The molecule has 0 amide bonds. The molecule has 3 heterocycles. The molecular formula is C17H14F3N5O3S. The summed E-state index contributed by atoms with van der Waals surface area (Å²) in [6.45, 7) is -0.253. The lowest BCUT2D eigenvalue weighted by Crippen LogP contribution is -2.43. The number of rotatable bonds is 3. The van der Waals surface area contributed by atoms with Crippen LogP contribution in [0.2, 0.25) is 0 Å². The van der Waals surface area contributed by atoms with Gasteiger partial charge in [-0.2, -0.15) is 17.9 Å². The molecule has 3 aromatic rings. The van der Waals surface area contributed by atoms with E-state index in [1.807, 2.05) is 0 Å². The molecule has 8 nitrogen and oxygen atoms in total. The van der Waals surface area contributed by atoms with Crippen molar-refractivity contribution in [3.63, 3.8) is 0 Å². The van der Waals surface area contributed by atoms with Crippen molar-refractivity contribution in [1.82, 2.24) is 23.6 Å². The minimum absolute atomic E-state index is 0.0391. The van der Waals surface area contributed by atoms with Crippen molar-refractivity contribution >= 4 is 10.4 Å². The van der Waals surface area contributed by atoms with Crippen LogP contribution in [0.15, 0.2) is 58.5 Å². The minimum Gasteiger partial charge on any atom is -0.593 e. The predicted octanol–water partition coefficient (Wildman–Crippen LogP) is 1.87. The van der Waals surface area contributed by atoms with Crippen LogP contribution in [0.25, 0.3) is 5.69 Å². The third-order valence-corrected chi connectivity index (χ3v) is 6.38. The molecule has 1 aliphatic heterocycles. The van der Waals surface area contributed by atoms with E-state index in [-0.39, 0.29) is 25.5 Å². The molecular weight excluding hydrogens is 411 g/mol. The number of sulfonamides is 1. The van der Waals surface area contributed by atoms with Gasteiger partial charge in [0.05, 0.1) is 17.8 Å². The van der Waals surface area contributed by atoms with Gasteiger partial charge in [0.15, 0.2) is 21.1 Å². The Bertz CT molecular complexity index is 1160. The maximum atomic E-state index is 12.9. The molecule has 1 aromatic carbocycles. The number of nitrogens with zero attached hydrogens (tertiary/aromatic N) is 5. The summed E-state index contributed by atoms with van der Waals surface area (Å²) < 4.78 is 68.0. The van der Waals surface area contributed by atoms with Gasteiger partial charge in [-0.25, -0.2) is 4.79 Å². The van der Waals surface area contributed by atoms with E-state index in [4.69, 9.17) is 0 Å². The fourth-order valence-corrected chi connectivity index (χ4v) is 4.50. The van der Waals surface area contributed by atoms with E-state index in [2.05, 4.69) is 10.1 Å². The Hall–Kier alpha value is -2.83. The monoisotopic (exact) mass is 425 g/mol. The average molecular weight is 425 g/mol. The van der Waals surface area contributed by atoms with E-state index in [0.29, 0.717) is 11.8 Å². The number of pyridine rings is 1. The van der Waals surface area contributed by atoms with E-state index >= 15 is 0 Å². The highest BCUT2D eigenvalue weighted by atomic mass is 32.3. The lowest BCUT2D eigenvalue weighted by Gasteiger charge is -2.30. The van der Waals surface area contributed by atoms with Crippen LogP contribution in [0, 0.1) is 0 Å². The summed E-state index contributed by atoms with van der Waals surface area (Å²) in [4.78, 5) is 16.0. The number of alkyl halides is 3. The summed E-state index contributed by atoms with van der Waals surface area (Å²) in [5.74, 6) is 0.202. The zero-order valence-corrected chi connectivity index (χ0v) is 15.6. The number of halogens is 3. The number of hydrogen-bond donors (Lipinski definition) is 0. The molecule has 0 spiro atoms. The van der Waals surface area contributed by atoms with E-state index in [1.54, 1.807) is 12.1 Å². The van der Waals surface area contributed by atoms with Gasteiger partial charge in [-0.1, -0.05) is 10.3 Å². The highest BCUT2D eigenvalue weighted by Crippen LogP contribution is 2.33. The van der Waals surface area contributed by atoms with Crippen molar-refractivity contribution in [2.45, 2.75) is 24.2 Å². The number of fused-ring (bicyclic) bond motifs is 1. The Morgan fingerprint density at radius 2 is 1.83 bits per heavy atom. The summed E-state index contributed by atoms with van der Waals surface area (Å²) in [6, 6.07) is 6.74. The van der Waals surface area contributed by atoms with Crippen molar-refractivity contribution in [3.05, 3.63) is 70.7 Å². The molecule has 1 unspecified atom stereocenters. The standard InChI is InChI=1S/C17H14F3N5O3S/c18-17(19,20)12-2-1-3-14(10-12)29(27,28)23-8-9-24-15(11-23)22-25(16(24)26)13-4-6-21-7-5-13/h1-7,10H,8-9,11H2. The molecule has 29 heavy (non-hydrogen) atoms. The van der Waals surface area contributed by atoms with Gasteiger partial charge in [-0.05, 0) is 24.3 Å². The van der Waals surface area contributed by atoms with Crippen molar-refractivity contribution in [3.8, 4) is 5.69 Å². The van der Waals surface area contributed by atoms with Gasteiger partial charge in [0.1, 0.15) is 6.54 Å². The first-order chi connectivity index (χ1) is 13.7. The second-order valence-corrected chi connectivity index (χ2v) is 8.27. The van der Waals surface area contributed by atoms with E-state index < -0.39 is 32.7 Å². The molecule has 0 bridgehead atoms. The first-order valence-corrected chi connectivity index (χ1v) is 9.88. The zero-order chi connectivity index (χ0) is 20.8. The Labute approximate surface area is 163 Å². The molecule has 0 saturated carbocycles. The molecule has 152 valence electrons. The molecule has 12 heteroatoms. The highest BCUT2D eigenvalue weighted by molar-refractivity contribution is 7.95. The molecule has 1 aliphatic rings. The van der Waals surface area contributed by atoms with Crippen LogP contribution in [-0.2, 0) is 33.9 Å². The Morgan fingerprint density at radius 1 is 1.10 bits per heavy atom. The first kappa shape index (κ1) is 19.5. The number of benzene rings is 1. The summed E-state index contributed by atoms with van der Waals surface area (Å²) in [5.41, 5.74) is -1.00.